The molecule has 0 fully saturated rings. The predicted octanol–water partition coefficient (Wildman–Crippen LogP) is 5.28. The van der Waals surface area contributed by atoms with Gasteiger partial charge in [0.25, 0.3) is 5.91 Å². The third-order valence-corrected chi connectivity index (χ3v) is 6.41. The van der Waals surface area contributed by atoms with Gasteiger partial charge in [0.2, 0.25) is 0 Å². The van der Waals surface area contributed by atoms with Crippen LogP contribution >= 0.6 is 11.6 Å². The Bertz CT molecular complexity index is 1120. The summed E-state index contributed by atoms with van der Waals surface area (Å²) < 4.78 is 11.1. The number of nitrogens with zero attached hydrogens (tertiary/aromatic N) is 1. The molecule has 1 aliphatic heterocycles. The molecule has 0 saturated heterocycles. The van der Waals surface area contributed by atoms with Crippen molar-refractivity contribution in [3.63, 3.8) is 0 Å². The van der Waals surface area contributed by atoms with Crippen molar-refractivity contribution in [2.24, 2.45) is 0 Å². The minimum atomic E-state index is -0.155. The summed E-state index contributed by atoms with van der Waals surface area (Å²) >= 11 is 6.10. The van der Waals surface area contributed by atoms with Crippen LogP contribution in [0.25, 0.3) is 0 Å². The Morgan fingerprint density at radius 2 is 1.79 bits per heavy atom. The SMILES string of the molecule is COc1cc2c(cc1OC)C(C(C)NC(=O)c1cccc(Cl)c1)N(Cc1ccccc1)CC2. The Balaban J connectivity index is 1.68. The summed E-state index contributed by atoms with van der Waals surface area (Å²) in [5.74, 6) is 1.27. The van der Waals surface area contributed by atoms with Crippen molar-refractivity contribution in [3.8, 4) is 11.5 Å². The van der Waals surface area contributed by atoms with Crippen molar-refractivity contribution in [2.45, 2.75) is 32.0 Å². The van der Waals surface area contributed by atoms with Gasteiger partial charge in [0, 0.05) is 29.7 Å². The summed E-state index contributed by atoms with van der Waals surface area (Å²) in [6.45, 7) is 3.72. The molecule has 6 heteroatoms. The maximum atomic E-state index is 13.0. The minimum Gasteiger partial charge on any atom is -0.493 e. The van der Waals surface area contributed by atoms with Crippen LogP contribution in [0.3, 0.4) is 0 Å². The van der Waals surface area contributed by atoms with Crippen LogP contribution in [0.2, 0.25) is 5.02 Å². The van der Waals surface area contributed by atoms with Gasteiger partial charge in [-0.25, -0.2) is 0 Å². The van der Waals surface area contributed by atoms with E-state index in [0.717, 1.165) is 30.8 Å². The lowest BCUT2D eigenvalue weighted by Crippen LogP contribution is -2.47. The maximum Gasteiger partial charge on any atom is 0.251 e. The lowest BCUT2D eigenvalue weighted by molar-refractivity contribution is 0.0877. The standard InChI is InChI=1S/C27H29ClN2O3/c1-18(29-27(31)21-10-7-11-22(28)14-21)26-23-16-25(33-3)24(32-2)15-20(23)12-13-30(26)17-19-8-5-4-6-9-19/h4-11,14-16,18,26H,12-13,17H2,1-3H3,(H,29,31). The van der Waals surface area contributed by atoms with Gasteiger partial charge >= 0.3 is 0 Å². The number of methoxy groups -OCH3 is 2. The van der Waals surface area contributed by atoms with Crippen LogP contribution in [-0.2, 0) is 13.0 Å². The number of amides is 1. The Morgan fingerprint density at radius 1 is 1.06 bits per heavy atom. The molecule has 0 bridgehead atoms. The van der Waals surface area contributed by atoms with Crippen molar-refractivity contribution in [1.29, 1.82) is 0 Å². The Kier molecular flexibility index (Phi) is 7.21. The van der Waals surface area contributed by atoms with E-state index >= 15 is 0 Å². The highest BCUT2D eigenvalue weighted by Crippen LogP contribution is 2.40. The predicted molar refractivity (Wildman–Crippen MR) is 131 cm³/mol. The molecule has 1 amide bonds. The second-order valence-corrected chi connectivity index (χ2v) is 8.77. The molecule has 3 aromatic rings. The van der Waals surface area contributed by atoms with E-state index in [-0.39, 0.29) is 18.0 Å². The molecule has 0 saturated carbocycles. The largest absolute Gasteiger partial charge is 0.493 e. The van der Waals surface area contributed by atoms with Gasteiger partial charge in [0.1, 0.15) is 0 Å². The molecule has 5 nitrogen and oxygen atoms in total. The topological polar surface area (TPSA) is 50.8 Å². The maximum absolute atomic E-state index is 13.0. The summed E-state index contributed by atoms with van der Waals surface area (Å²) in [5, 5.41) is 3.75. The molecule has 4 rings (SSSR count). The molecule has 1 N–H and O–H groups in total. The first kappa shape index (κ1) is 23.1. The highest BCUT2D eigenvalue weighted by atomic mass is 35.5. The first-order chi connectivity index (χ1) is 16.0. The molecule has 0 radical (unpaired) electrons. The van der Waals surface area contributed by atoms with Crippen molar-refractivity contribution in [2.75, 3.05) is 20.8 Å². The average molecular weight is 465 g/mol. The van der Waals surface area contributed by atoms with Gasteiger partial charge in [0.15, 0.2) is 11.5 Å². The Hall–Kier alpha value is -3.02. The summed E-state index contributed by atoms with van der Waals surface area (Å²) in [7, 11) is 3.30. The molecule has 1 aliphatic rings. The molecule has 3 aromatic carbocycles. The third kappa shape index (κ3) is 5.15. The van der Waals surface area contributed by atoms with Gasteiger partial charge in [-0.15, -0.1) is 0 Å². The van der Waals surface area contributed by atoms with Gasteiger partial charge in [-0.2, -0.15) is 0 Å². The second kappa shape index (κ2) is 10.3. The first-order valence-electron chi connectivity index (χ1n) is 11.1. The van der Waals surface area contributed by atoms with Crippen LogP contribution in [0.4, 0.5) is 0 Å². The lowest BCUT2D eigenvalue weighted by Gasteiger charge is -2.41. The molecule has 0 aromatic heterocycles. The number of ether oxygens (including phenoxy) is 2. The van der Waals surface area contributed by atoms with Crippen LogP contribution in [0, 0.1) is 0 Å². The molecule has 1 heterocycles. The monoisotopic (exact) mass is 464 g/mol. The lowest BCUT2D eigenvalue weighted by atomic mass is 9.87. The number of hydrogen-bond acceptors (Lipinski definition) is 4. The van der Waals surface area contributed by atoms with Crippen LogP contribution in [0.5, 0.6) is 11.5 Å². The fraction of sp³-hybridized carbons (Fsp3) is 0.296. The van der Waals surface area contributed by atoms with Crippen molar-refractivity contribution in [1.82, 2.24) is 10.2 Å². The zero-order valence-corrected chi connectivity index (χ0v) is 19.9. The van der Waals surface area contributed by atoms with Crippen LogP contribution in [0.1, 0.15) is 40.0 Å². The third-order valence-electron chi connectivity index (χ3n) is 6.17. The van der Waals surface area contributed by atoms with Gasteiger partial charge in [-0.3, -0.25) is 9.69 Å². The Morgan fingerprint density at radius 3 is 2.48 bits per heavy atom. The van der Waals surface area contributed by atoms with E-state index in [0.29, 0.717) is 16.3 Å². The zero-order valence-electron chi connectivity index (χ0n) is 19.2. The van der Waals surface area contributed by atoms with Crippen molar-refractivity contribution >= 4 is 17.5 Å². The highest BCUT2D eigenvalue weighted by molar-refractivity contribution is 6.30. The normalized spacial score (nSPS) is 16.5. The minimum absolute atomic E-state index is 0.0307. The number of nitrogens with one attached hydrogen (secondary N) is 1. The van der Waals surface area contributed by atoms with Crippen molar-refractivity contribution < 1.29 is 14.3 Å². The number of benzene rings is 3. The number of carbonyl (C=O) groups excluding carboxylic acids is 1. The zero-order chi connectivity index (χ0) is 23.4. The number of carbonyl (C=O) groups is 1. The smallest absolute Gasteiger partial charge is 0.251 e. The molecular weight excluding hydrogens is 436 g/mol. The van der Waals surface area contributed by atoms with Crippen molar-refractivity contribution in [3.05, 3.63) is 94.0 Å². The van der Waals surface area contributed by atoms with E-state index in [9.17, 15) is 4.79 Å². The second-order valence-electron chi connectivity index (χ2n) is 8.33. The summed E-state index contributed by atoms with van der Waals surface area (Å²) in [6, 6.07) is 21.4. The highest BCUT2D eigenvalue weighted by Gasteiger charge is 2.34. The first-order valence-corrected chi connectivity index (χ1v) is 11.5. The number of halogens is 1. The van der Waals surface area contributed by atoms with Crippen LogP contribution < -0.4 is 14.8 Å². The number of fused-ring (bicyclic) bond motifs is 1. The van der Waals surface area contributed by atoms with E-state index in [1.807, 2.05) is 6.07 Å². The quantitative estimate of drug-likeness (QED) is 0.517. The fourth-order valence-electron chi connectivity index (χ4n) is 4.61. The van der Waals surface area contributed by atoms with Gasteiger partial charge in [-0.05, 0) is 60.4 Å². The van der Waals surface area contributed by atoms with Gasteiger partial charge in [0.05, 0.1) is 20.3 Å². The summed E-state index contributed by atoms with van der Waals surface area (Å²) in [4.78, 5) is 15.4. The molecule has 2 atom stereocenters. The van der Waals surface area contributed by atoms with Gasteiger partial charge in [-0.1, -0.05) is 48.0 Å². The van der Waals surface area contributed by atoms with E-state index in [4.69, 9.17) is 21.1 Å². The van der Waals surface area contributed by atoms with E-state index in [2.05, 4.69) is 53.5 Å². The molecule has 2 unspecified atom stereocenters. The molecular formula is C27H29ClN2O3. The van der Waals surface area contributed by atoms with Crippen LogP contribution in [0.15, 0.2) is 66.7 Å². The molecule has 0 aliphatic carbocycles. The fourth-order valence-corrected chi connectivity index (χ4v) is 4.80. The van der Waals surface area contributed by atoms with E-state index < -0.39 is 0 Å². The van der Waals surface area contributed by atoms with E-state index in [1.54, 1.807) is 38.5 Å². The number of rotatable bonds is 7. The summed E-state index contributed by atoms with van der Waals surface area (Å²) in [5.41, 5.74) is 4.15. The van der Waals surface area contributed by atoms with E-state index in [1.165, 1.54) is 11.1 Å². The molecule has 33 heavy (non-hydrogen) atoms. The molecule has 172 valence electrons. The molecule has 0 spiro atoms. The average Bonchev–Trinajstić information content (AvgIpc) is 2.83. The number of hydrogen-bond donors (Lipinski definition) is 1. The summed E-state index contributed by atoms with van der Waals surface area (Å²) in [6.07, 6.45) is 0.897. The Labute approximate surface area is 200 Å². The van der Waals surface area contributed by atoms with Gasteiger partial charge < -0.3 is 14.8 Å². The van der Waals surface area contributed by atoms with Crippen LogP contribution in [-0.4, -0.2) is 37.6 Å².